The summed E-state index contributed by atoms with van der Waals surface area (Å²) in [7, 11) is 1.56. The largest absolute Gasteiger partial charge is 0.495 e. The number of rotatable bonds is 4. The molecule has 2 heterocycles. The van der Waals surface area contributed by atoms with Crippen LogP contribution in [-0.2, 0) is 6.54 Å². The summed E-state index contributed by atoms with van der Waals surface area (Å²) in [5.41, 5.74) is 6.25. The maximum atomic E-state index is 12.0. The molecule has 4 nitrogen and oxygen atoms in total. The van der Waals surface area contributed by atoms with E-state index in [1.807, 2.05) is 16.8 Å². The van der Waals surface area contributed by atoms with Crippen LogP contribution in [0, 0.1) is 11.8 Å². The lowest BCUT2D eigenvalue weighted by Gasteiger charge is -2.03. The highest BCUT2D eigenvalue weighted by Crippen LogP contribution is 2.24. The smallest absolute Gasteiger partial charge is 0.265 e. The fourth-order valence-corrected chi connectivity index (χ4v) is 3.09. The molecular weight excluding hydrogens is 292 g/mol. The minimum atomic E-state index is -0.125. The quantitative estimate of drug-likeness (QED) is 0.850. The van der Waals surface area contributed by atoms with Gasteiger partial charge in [-0.05, 0) is 17.5 Å². The molecule has 0 aliphatic heterocycles. The molecule has 0 aromatic carbocycles. The van der Waals surface area contributed by atoms with Gasteiger partial charge in [0.05, 0.1) is 20.2 Å². The van der Waals surface area contributed by atoms with Crippen molar-refractivity contribution in [3.8, 4) is 17.6 Å². The van der Waals surface area contributed by atoms with Crippen molar-refractivity contribution in [2.45, 2.75) is 6.54 Å². The summed E-state index contributed by atoms with van der Waals surface area (Å²) in [6, 6.07) is 3.74. The SMILES string of the molecule is COc1ccsc1C(=O)NCc1cc(C#CCN)cs1. The minimum Gasteiger partial charge on any atom is -0.495 e. The highest BCUT2D eigenvalue weighted by molar-refractivity contribution is 7.12. The second-order valence-corrected chi connectivity index (χ2v) is 5.72. The minimum absolute atomic E-state index is 0.125. The lowest BCUT2D eigenvalue weighted by molar-refractivity contribution is 0.0952. The zero-order chi connectivity index (χ0) is 14.4. The third kappa shape index (κ3) is 3.61. The van der Waals surface area contributed by atoms with Crippen LogP contribution in [0.25, 0.3) is 0 Å². The summed E-state index contributed by atoms with van der Waals surface area (Å²) in [6.45, 7) is 0.828. The molecule has 0 unspecified atom stereocenters. The highest BCUT2D eigenvalue weighted by atomic mass is 32.1. The predicted molar refractivity (Wildman–Crippen MR) is 82.3 cm³/mol. The number of hydrogen-bond donors (Lipinski definition) is 2. The molecule has 0 aliphatic rings. The van der Waals surface area contributed by atoms with Crippen LogP contribution in [0.1, 0.15) is 20.1 Å². The summed E-state index contributed by atoms with van der Waals surface area (Å²) in [4.78, 5) is 13.7. The maximum Gasteiger partial charge on any atom is 0.265 e. The molecule has 104 valence electrons. The summed E-state index contributed by atoms with van der Waals surface area (Å²) < 4.78 is 5.13. The number of carbonyl (C=O) groups excluding carboxylic acids is 1. The number of thiophene rings is 2. The van der Waals surface area contributed by atoms with E-state index in [-0.39, 0.29) is 5.91 Å². The number of methoxy groups -OCH3 is 1. The van der Waals surface area contributed by atoms with Gasteiger partial charge in [-0.2, -0.15) is 0 Å². The van der Waals surface area contributed by atoms with Gasteiger partial charge in [0.1, 0.15) is 10.6 Å². The lowest BCUT2D eigenvalue weighted by Crippen LogP contribution is -2.21. The molecule has 0 saturated heterocycles. The van der Waals surface area contributed by atoms with E-state index in [2.05, 4.69) is 17.2 Å². The molecule has 2 aromatic rings. The number of nitrogens with one attached hydrogen (secondary N) is 1. The van der Waals surface area contributed by atoms with Gasteiger partial charge in [0.25, 0.3) is 5.91 Å². The first-order valence-electron chi connectivity index (χ1n) is 5.90. The maximum absolute atomic E-state index is 12.0. The Bertz CT molecular complexity index is 649. The molecule has 0 fully saturated rings. The van der Waals surface area contributed by atoms with Gasteiger partial charge in [0, 0.05) is 15.8 Å². The van der Waals surface area contributed by atoms with Gasteiger partial charge >= 0.3 is 0 Å². The van der Waals surface area contributed by atoms with Gasteiger partial charge in [-0.25, -0.2) is 0 Å². The van der Waals surface area contributed by atoms with E-state index >= 15 is 0 Å². The van der Waals surface area contributed by atoms with Gasteiger partial charge in [-0.15, -0.1) is 22.7 Å². The molecule has 6 heteroatoms. The first-order valence-corrected chi connectivity index (χ1v) is 7.66. The van der Waals surface area contributed by atoms with E-state index < -0.39 is 0 Å². The molecule has 1 amide bonds. The molecule has 20 heavy (non-hydrogen) atoms. The van der Waals surface area contributed by atoms with Gasteiger partial charge < -0.3 is 15.8 Å². The topological polar surface area (TPSA) is 64.3 Å². The van der Waals surface area contributed by atoms with E-state index in [1.54, 1.807) is 24.5 Å². The van der Waals surface area contributed by atoms with E-state index in [9.17, 15) is 4.79 Å². The Morgan fingerprint density at radius 3 is 3.10 bits per heavy atom. The van der Waals surface area contributed by atoms with Crippen LogP contribution in [-0.4, -0.2) is 19.6 Å². The Labute approximate surface area is 125 Å². The molecule has 0 radical (unpaired) electrons. The van der Waals surface area contributed by atoms with Crippen molar-refractivity contribution in [2.24, 2.45) is 5.73 Å². The molecule has 0 spiro atoms. The fraction of sp³-hybridized carbons (Fsp3) is 0.214. The third-order valence-electron chi connectivity index (χ3n) is 2.47. The average molecular weight is 306 g/mol. The van der Waals surface area contributed by atoms with Crippen LogP contribution in [0.2, 0.25) is 0 Å². The van der Waals surface area contributed by atoms with Gasteiger partial charge in [-0.3, -0.25) is 4.79 Å². The van der Waals surface area contributed by atoms with Crippen molar-refractivity contribution >= 4 is 28.6 Å². The summed E-state index contributed by atoms with van der Waals surface area (Å²) in [5, 5.41) is 6.66. The standard InChI is InChI=1S/C14H14N2O2S2/c1-18-12-4-6-19-13(12)14(17)16-8-11-7-10(9-20-11)3-2-5-15/h4,6-7,9H,5,8,15H2,1H3,(H,16,17). The average Bonchev–Trinajstić information content (AvgIpc) is 3.11. The molecule has 0 atom stereocenters. The molecule has 0 aliphatic carbocycles. The van der Waals surface area contributed by atoms with Crippen molar-refractivity contribution in [2.75, 3.05) is 13.7 Å². The predicted octanol–water partition coefficient (Wildman–Crippen LogP) is 2.06. The zero-order valence-electron chi connectivity index (χ0n) is 10.9. The van der Waals surface area contributed by atoms with E-state index in [4.69, 9.17) is 10.5 Å². The van der Waals surface area contributed by atoms with Crippen LogP contribution in [0.3, 0.4) is 0 Å². The Kier molecular flexibility index (Phi) is 5.18. The molecule has 0 bridgehead atoms. The number of ether oxygens (including phenoxy) is 1. The van der Waals surface area contributed by atoms with Gasteiger partial charge in [0.2, 0.25) is 0 Å². The van der Waals surface area contributed by atoms with Crippen LogP contribution in [0.5, 0.6) is 5.75 Å². The monoisotopic (exact) mass is 306 g/mol. The number of nitrogens with two attached hydrogens (primary N) is 1. The molecular formula is C14H14N2O2S2. The first-order chi connectivity index (χ1) is 9.74. The van der Waals surface area contributed by atoms with Crippen molar-refractivity contribution in [3.63, 3.8) is 0 Å². The third-order valence-corrected chi connectivity index (χ3v) is 4.30. The molecule has 2 aromatic heterocycles. The van der Waals surface area contributed by atoms with Crippen LogP contribution >= 0.6 is 22.7 Å². The van der Waals surface area contributed by atoms with E-state index in [0.29, 0.717) is 23.7 Å². The molecule has 3 N–H and O–H groups in total. The Balaban J connectivity index is 1.95. The van der Waals surface area contributed by atoms with E-state index in [0.717, 1.165) is 10.4 Å². The number of hydrogen-bond acceptors (Lipinski definition) is 5. The van der Waals surface area contributed by atoms with Crippen LogP contribution in [0.4, 0.5) is 0 Å². The molecule has 0 saturated carbocycles. The normalized spacial score (nSPS) is 9.70. The number of carbonyl (C=O) groups is 1. The molecule has 2 rings (SSSR count). The van der Waals surface area contributed by atoms with Crippen molar-refractivity contribution in [1.82, 2.24) is 5.32 Å². The van der Waals surface area contributed by atoms with Gasteiger partial charge in [-0.1, -0.05) is 11.8 Å². The lowest BCUT2D eigenvalue weighted by atomic mass is 10.3. The van der Waals surface area contributed by atoms with Crippen molar-refractivity contribution in [1.29, 1.82) is 0 Å². The van der Waals surface area contributed by atoms with Crippen LogP contribution < -0.4 is 15.8 Å². The van der Waals surface area contributed by atoms with Crippen molar-refractivity contribution in [3.05, 3.63) is 38.2 Å². The summed E-state index contributed by atoms with van der Waals surface area (Å²) >= 11 is 2.93. The highest BCUT2D eigenvalue weighted by Gasteiger charge is 2.13. The number of amides is 1. The Morgan fingerprint density at radius 1 is 1.50 bits per heavy atom. The van der Waals surface area contributed by atoms with Gasteiger partial charge in [0.15, 0.2) is 0 Å². The van der Waals surface area contributed by atoms with Crippen molar-refractivity contribution < 1.29 is 9.53 Å². The Hall–Kier alpha value is -1.81. The Morgan fingerprint density at radius 2 is 2.35 bits per heavy atom. The first kappa shape index (κ1) is 14.6. The van der Waals surface area contributed by atoms with Crippen LogP contribution in [0.15, 0.2) is 22.9 Å². The summed E-state index contributed by atoms with van der Waals surface area (Å²) in [5.74, 6) is 6.25. The fourth-order valence-electron chi connectivity index (χ4n) is 1.56. The second kappa shape index (κ2) is 7.10. The summed E-state index contributed by atoms with van der Waals surface area (Å²) in [6.07, 6.45) is 0. The van der Waals surface area contributed by atoms with E-state index in [1.165, 1.54) is 11.3 Å². The zero-order valence-corrected chi connectivity index (χ0v) is 12.6. The second-order valence-electron chi connectivity index (χ2n) is 3.81.